The van der Waals surface area contributed by atoms with Crippen LogP contribution < -0.4 is 0 Å². The van der Waals surface area contributed by atoms with Crippen molar-refractivity contribution in [2.24, 2.45) is 0 Å². The number of pyridine rings is 1. The van der Waals surface area contributed by atoms with E-state index in [2.05, 4.69) is 42.4 Å². The van der Waals surface area contributed by atoms with Gasteiger partial charge in [0, 0.05) is 17.5 Å². The molecule has 1 aromatic heterocycles. The number of hydrogen-bond acceptors (Lipinski definition) is 1. The van der Waals surface area contributed by atoms with Gasteiger partial charge in [0.25, 0.3) is 0 Å². The van der Waals surface area contributed by atoms with Crippen molar-refractivity contribution in [1.82, 2.24) is 4.98 Å². The average molecular weight is 291 g/mol. The molecule has 0 spiro atoms. The SMILES string of the molecule is C=C/C=C(\C=C/CC(=C)C)c1cnc(C)c(/C=C\C=C/C)c1. The summed E-state index contributed by atoms with van der Waals surface area (Å²) in [4.78, 5) is 4.50. The van der Waals surface area contributed by atoms with Crippen molar-refractivity contribution in [1.29, 1.82) is 0 Å². The van der Waals surface area contributed by atoms with E-state index in [0.29, 0.717) is 0 Å². The predicted octanol–water partition coefficient (Wildman–Crippen LogP) is 6.07. The highest BCUT2D eigenvalue weighted by Gasteiger charge is 2.02. The zero-order valence-corrected chi connectivity index (χ0v) is 13.8. The number of hydrogen-bond donors (Lipinski definition) is 0. The summed E-state index contributed by atoms with van der Waals surface area (Å²) in [5.41, 5.74) is 5.48. The van der Waals surface area contributed by atoms with Crippen LogP contribution in [0.5, 0.6) is 0 Å². The lowest BCUT2D eigenvalue weighted by Gasteiger charge is -2.06. The molecular formula is C21H25N. The topological polar surface area (TPSA) is 12.9 Å². The molecule has 22 heavy (non-hydrogen) atoms. The summed E-state index contributed by atoms with van der Waals surface area (Å²) in [6, 6.07) is 2.16. The smallest absolute Gasteiger partial charge is 0.0445 e. The quantitative estimate of drug-likeness (QED) is 0.439. The lowest BCUT2D eigenvalue weighted by atomic mass is 10.0. The summed E-state index contributed by atoms with van der Waals surface area (Å²) >= 11 is 0. The van der Waals surface area contributed by atoms with Crippen LogP contribution >= 0.6 is 0 Å². The first-order chi connectivity index (χ1) is 10.6. The van der Waals surface area contributed by atoms with Crippen molar-refractivity contribution < 1.29 is 0 Å². The largest absolute Gasteiger partial charge is 0.260 e. The first-order valence-corrected chi connectivity index (χ1v) is 7.48. The maximum absolute atomic E-state index is 4.50. The Morgan fingerprint density at radius 3 is 2.73 bits per heavy atom. The highest BCUT2D eigenvalue weighted by atomic mass is 14.7. The van der Waals surface area contributed by atoms with Crippen LogP contribution in [0.3, 0.4) is 0 Å². The summed E-state index contributed by atoms with van der Waals surface area (Å²) in [7, 11) is 0. The van der Waals surface area contributed by atoms with E-state index in [0.717, 1.165) is 34.4 Å². The van der Waals surface area contributed by atoms with Crippen molar-refractivity contribution in [2.45, 2.75) is 27.2 Å². The van der Waals surface area contributed by atoms with Crippen molar-refractivity contribution in [3.63, 3.8) is 0 Å². The molecule has 1 heterocycles. The molecule has 0 bridgehead atoms. The van der Waals surface area contributed by atoms with E-state index < -0.39 is 0 Å². The minimum Gasteiger partial charge on any atom is -0.260 e. The van der Waals surface area contributed by atoms with Gasteiger partial charge in [0.05, 0.1) is 0 Å². The molecule has 0 saturated carbocycles. The zero-order valence-electron chi connectivity index (χ0n) is 13.8. The molecule has 1 heteroatoms. The molecule has 0 N–H and O–H groups in total. The normalized spacial score (nSPS) is 12.6. The van der Waals surface area contributed by atoms with Gasteiger partial charge in [-0.15, -0.1) is 0 Å². The van der Waals surface area contributed by atoms with Crippen LogP contribution in [0.15, 0.2) is 73.5 Å². The lowest BCUT2D eigenvalue weighted by Crippen LogP contribution is -1.91. The fraction of sp³-hybridized carbons (Fsp3) is 0.190. The molecule has 0 aromatic carbocycles. The molecule has 0 aliphatic heterocycles. The number of rotatable bonds is 7. The van der Waals surface area contributed by atoms with Crippen molar-refractivity contribution >= 4 is 11.6 Å². The molecule has 114 valence electrons. The molecule has 0 amide bonds. The van der Waals surface area contributed by atoms with E-state index in [9.17, 15) is 0 Å². The van der Waals surface area contributed by atoms with Gasteiger partial charge in [-0.25, -0.2) is 0 Å². The van der Waals surface area contributed by atoms with Gasteiger partial charge < -0.3 is 0 Å². The molecular weight excluding hydrogens is 266 g/mol. The Balaban J connectivity index is 3.13. The molecule has 0 aliphatic rings. The van der Waals surface area contributed by atoms with Crippen LogP contribution in [0.1, 0.15) is 37.1 Å². The predicted molar refractivity (Wildman–Crippen MR) is 99.6 cm³/mol. The second-order valence-electron chi connectivity index (χ2n) is 5.20. The Morgan fingerprint density at radius 2 is 2.09 bits per heavy atom. The molecule has 1 aromatic rings. The lowest BCUT2D eigenvalue weighted by molar-refractivity contribution is 1.18. The van der Waals surface area contributed by atoms with Crippen LogP contribution in [-0.2, 0) is 0 Å². The Morgan fingerprint density at radius 1 is 1.32 bits per heavy atom. The first-order valence-electron chi connectivity index (χ1n) is 7.48. The fourth-order valence-electron chi connectivity index (χ4n) is 1.91. The van der Waals surface area contributed by atoms with Gasteiger partial charge in [0.2, 0.25) is 0 Å². The Labute approximate surface area is 134 Å². The van der Waals surface area contributed by atoms with Gasteiger partial charge in [-0.3, -0.25) is 4.98 Å². The van der Waals surface area contributed by atoms with Gasteiger partial charge in [-0.05, 0) is 44.4 Å². The van der Waals surface area contributed by atoms with Gasteiger partial charge in [0.15, 0.2) is 0 Å². The second kappa shape index (κ2) is 9.51. The monoisotopic (exact) mass is 291 g/mol. The molecule has 0 saturated heterocycles. The third kappa shape index (κ3) is 5.92. The van der Waals surface area contributed by atoms with E-state index in [1.54, 1.807) is 6.08 Å². The number of nitrogens with zero attached hydrogens (tertiary/aromatic N) is 1. The van der Waals surface area contributed by atoms with E-state index >= 15 is 0 Å². The summed E-state index contributed by atoms with van der Waals surface area (Å²) in [5.74, 6) is 0. The van der Waals surface area contributed by atoms with Gasteiger partial charge in [0.1, 0.15) is 0 Å². The van der Waals surface area contributed by atoms with Gasteiger partial charge in [-0.1, -0.05) is 67.3 Å². The summed E-state index contributed by atoms with van der Waals surface area (Å²) in [6.07, 6.45) is 18.9. The number of aromatic nitrogens is 1. The molecule has 0 fully saturated rings. The summed E-state index contributed by atoms with van der Waals surface area (Å²) < 4.78 is 0. The number of aryl methyl sites for hydroxylation is 1. The minimum atomic E-state index is 0.877. The highest BCUT2D eigenvalue weighted by molar-refractivity contribution is 5.76. The second-order valence-corrected chi connectivity index (χ2v) is 5.20. The van der Waals surface area contributed by atoms with E-state index in [1.807, 2.05) is 51.3 Å². The molecule has 0 atom stereocenters. The van der Waals surface area contributed by atoms with E-state index in [4.69, 9.17) is 0 Å². The van der Waals surface area contributed by atoms with E-state index in [1.165, 1.54) is 0 Å². The zero-order chi connectivity index (χ0) is 16.4. The van der Waals surface area contributed by atoms with Crippen molar-refractivity contribution in [3.8, 4) is 0 Å². The van der Waals surface area contributed by atoms with Gasteiger partial charge in [-0.2, -0.15) is 0 Å². The third-order valence-electron chi connectivity index (χ3n) is 3.10. The van der Waals surface area contributed by atoms with Crippen molar-refractivity contribution in [2.75, 3.05) is 0 Å². The van der Waals surface area contributed by atoms with Crippen LogP contribution in [0, 0.1) is 6.92 Å². The molecule has 1 nitrogen and oxygen atoms in total. The maximum atomic E-state index is 4.50. The summed E-state index contributed by atoms with van der Waals surface area (Å²) in [5, 5.41) is 0. The maximum Gasteiger partial charge on any atom is 0.0445 e. The molecule has 1 rings (SSSR count). The van der Waals surface area contributed by atoms with Crippen molar-refractivity contribution in [3.05, 3.63) is 90.3 Å². The fourth-order valence-corrected chi connectivity index (χ4v) is 1.91. The summed E-state index contributed by atoms with van der Waals surface area (Å²) in [6.45, 7) is 13.8. The molecule has 0 radical (unpaired) electrons. The van der Waals surface area contributed by atoms with Crippen LogP contribution in [0.2, 0.25) is 0 Å². The number of allylic oxidation sites excluding steroid dienone is 9. The Hall–Kier alpha value is -2.41. The van der Waals surface area contributed by atoms with Crippen LogP contribution in [0.25, 0.3) is 11.6 Å². The molecule has 0 unspecified atom stereocenters. The van der Waals surface area contributed by atoms with E-state index in [-0.39, 0.29) is 0 Å². The highest BCUT2D eigenvalue weighted by Crippen LogP contribution is 2.20. The first kappa shape index (κ1) is 17.6. The molecule has 0 aliphatic carbocycles. The standard InChI is InChI=1S/C21H25N/c1-6-8-9-13-20-15-21(16-22-18(20)5)19(11-7-2)14-10-12-17(3)4/h6-11,13-16H,2-3,12H2,1,4-5H3/b8-6-,13-9-,14-10-,19-11+. The van der Waals surface area contributed by atoms with Crippen LogP contribution in [0.4, 0.5) is 0 Å². The average Bonchev–Trinajstić information content (AvgIpc) is 2.48. The Bertz CT molecular complexity index is 640. The van der Waals surface area contributed by atoms with Crippen LogP contribution in [-0.4, -0.2) is 4.98 Å². The minimum absolute atomic E-state index is 0.877. The third-order valence-corrected chi connectivity index (χ3v) is 3.10. The Kier molecular flexibility index (Phi) is 7.63. The van der Waals surface area contributed by atoms with Gasteiger partial charge >= 0.3 is 0 Å².